The number of hydrogen-bond acceptors (Lipinski definition) is 11. The van der Waals surface area contributed by atoms with Gasteiger partial charge in [0.1, 0.15) is 12.2 Å². The summed E-state index contributed by atoms with van der Waals surface area (Å²) in [7, 11) is 5.04. The number of benzene rings is 1. The minimum absolute atomic E-state index is 0.406. The molecular formula is C17H25N9O2. The Morgan fingerprint density at radius 2 is 1.75 bits per heavy atom. The van der Waals surface area contributed by atoms with E-state index >= 15 is 0 Å². The smallest absolute Gasteiger partial charge is 0.243 e. The van der Waals surface area contributed by atoms with E-state index in [1.807, 2.05) is 13.1 Å². The van der Waals surface area contributed by atoms with E-state index in [4.69, 9.17) is 25.9 Å². The summed E-state index contributed by atoms with van der Waals surface area (Å²) in [5, 5.41) is 2.52. The Hall–Kier alpha value is -2.89. The number of nitrogens with one attached hydrogen (secondary N) is 1. The van der Waals surface area contributed by atoms with Crippen LogP contribution in [0, 0.1) is 0 Å². The van der Waals surface area contributed by atoms with Crippen LogP contribution in [0.3, 0.4) is 0 Å². The molecule has 5 N–H and O–H groups in total. The first-order valence-corrected chi connectivity index (χ1v) is 8.98. The molecule has 0 radical (unpaired) electrons. The SMILES string of the molecule is COc1cc2nc(N3CCN(C4(N)N=CNN4C)CC3)nc(N)c2cc1OC. The molecule has 0 spiro atoms. The van der Waals surface area contributed by atoms with Gasteiger partial charge in [-0.2, -0.15) is 9.99 Å². The molecule has 1 aromatic carbocycles. The summed E-state index contributed by atoms with van der Waals surface area (Å²) in [4.78, 5) is 17.8. The summed E-state index contributed by atoms with van der Waals surface area (Å²) in [5.74, 6) is 1.31. The number of nitrogens with zero attached hydrogens (tertiary/aromatic N) is 6. The topological polar surface area (TPSA) is 130 Å². The molecule has 0 amide bonds. The molecule has 2 aromatic rings. The highest BCUT2D eigenvalue weighted by molar-refractivity contribution is 5.91. The Kier molecular flexibility index (Phi) is 4.57. The number of hydrogen-bond donors (Lipinski definition) is 3. The van der Waals surface area contributed by atoms with Gasteiger partial charge < -0.3 is 25.5 Å². The molecule has 11 heteroatoms. The van der Waals surface area contributed by atoms with E-state index in [0.717, 1.165) is 5.39 Å². The van der Waals surface area contributed by atoms with Crippen molar-refractivity contribution in [3.05, 3.63) is 12.1 Å². The average Bonchev–Trinajstić information content (AvgIpc) is 3.06. The molecule has 2 aliphatic heterocycles. The van der Waals surface area contributed by atoms with Crippen molar-refractivity contribution in [2.75, 3.05) is 58.1 Å². The lowest BCUT2D eigenvalue weighted by Crippen LogP contribution is -2.68. The highest BCUT2D eigenvalue weighted by atomic mass is 16.5. The second kappa shape index (κ2) is 6.93. The van der Waals surface area contributed by atoms with Crippen molar-refractivity contribution >= 4 is 29.0 Å². The van der Waals surface area contributed by atoms with Gasteiger partial charge in [0.05, 0.1) is 19.7 Å². The van der Waals surface area contributed by atoms with Gasteiger partial charge in [0.25, 0.3) is 0 Å². The molecule has 3 heterocycles. The number of methoxy groups -OCH3 is 2. The van der Waals surface area contributed by atoms with E-state index in [1.165, 1.54) is 0 Å². The highest BCUT2D eigenvalue weighted by Gasteiger charge is 2.41. The van der Waals surface area contributed by atoms with Crippen molar-refractivity contribution < 1.29 is 9.47 Å². The van der Waals surface area contributed by atoms with Gasteiger partial charge >= 0.3 is 0 Å². The first kappa shape index (κ1) is 18.5. The number of nitrogen functional groups attached to an aromatic ring is 1. The second-order valence-corrected chi connectivity index (χ2v) is 6.74. The van der Waals surface area contributed by atoms with Gasteiger partial charge in [-0.1, -0.05) is 0 Å². The molecule has 11 nitrogen and oxygen atoms in total. The van der Waals surface area contributed by atoms with Crippen LogP contribution in [-0.2, 0) is 0 Å². The lowest BCUT2D eigenvalue weighted by Gasteiger charge is -2.44. The van der Waals surface area contributed by atoms with Crippen LogP contribution in [0.2, 0.25) is 0 Å². The fourth-order valence-corrected chi connectivity index (χ4v) is 3.53. The van der Waals surface area contributed by atoms with E-state index in [0.29, 0.717) is 55.0 Å². The summed E-state index contributed by atoms with van der Waals surface area (Å²) in [5.41, 5.74) is 16.3. The molecule has 0 bridgehead atoms. The highest BCUT2D eigenvalue weighted by Crippen LogP contribution is 2.34. The van der Waals surface area contributed by atoms with Crippen molar-refractivity contribution in [1.29, 1.82) is 0 Å². The lowest BCUT2D eigenvalue weighted by atomic mass is 10.2. The summed E-state index contributed by atoms with van der Waals surface area (Å²) in [6, 6.07) is 3.61. The molecule has 0 aliphatic carbocycles. The molecule has 1 fully saturated rings. The Morgan fingerprint density at radius 3 is 2.36 bits per heavy atom. The number of ether oxygens (including phenoxy) is 2. The zero-order valence-electron chi connectivity index (χ0n) is 16.2. The van der Waals surface area contributed by atoms with Crippen molar-refractivity contribution in [2.24, 2.45) is 10.7 Å². The standard InChI is InChI=1S/C17H25N9O2/c1-24-17(19,20-10-21-24)26-6-4-25(5-7-26)16-22-12-9-14(28-3)13(27-2)8-11(12)15(18)23-16/h8-10H,4-7,19H2,1-3H3,(H,20,21)(H2,18,22,23). The zero-order valence-corrected chi connectivity index (χ0v) is 16.2. The van der Waals surface area contributed by atoms with Gasteiger partial charge in [0, 0.05) is 44.7 Å². The summed E-state index contributed by atoms with van der Waals surface area (Å²) >= 11 is 0. The maximum Gasteiger partial charge on any atom is 0.243 e. The molecule has 1 atom stereocenters. The minimum atomic E-state index is -0.876. The Morgan fingerprint density at radius 1 is 1.07 bits per heavy atom. The van der Waals surface area contributed by atoms with E-state index in [9.17, 15) is 0 Å². The van der Waals surface area contributed by atoms with Crippen LogP contribution in [0.4, 0.5) is 11.8 Å². The molecule has 0 saturated carbocycles. The summed E-state index contributed by atoms with van der Waals surface area (Å²) in [6.45, 7) is 2.85. The average molecular weight is 387 g/mol. The predicted octanol–water partition coefficient (Wildman–Crippen LogP) is -0.600. The predicted molar refractivity (Wildman–Crippen MR) is 107 cm³/mol. The van der Waals surface area contributed by atoms with Crippen LogP contribution in [0.25, 0.3) is 10.9 Å². The van der Waals surface area contributed by atoms with Crippen molar-refractivity contribution in [2.45, 2.75) is 5.91 Å². The number of hydrazine groups is 1. The largest absolute Gasteiger partial charge is 0.493 e. The maximum atomic E-state index is 6.42. The van der Waals surface area contributed by atoms with Crippen LogP contribution < -0.4 is 31.3 Å². The molecule has 1 saturated heterocycles. The van der Waals surface area contributed by atoms with Crippen LogP contribution in [-0.4, -0.2) is 79.6 Å². The molecular weight excluding hydrogens is 362 g/mol. The quantitative estimate of drug-likeness (QED) is 0.625. The number of fused-ring (bicyclic) bond motifs is 1. The van der Waals surface area contributed by atoms with Gasteiger partial charge in [-0.3, -0.25) is 5.73 Å². The van der Waals surface area contributed by atoms with Crippen molar-refractivity contribution in [3.63, 3.8) is 0 Å². The Labute approximate surface area is 162 Å². The molecule has 1 aromatic heterocycles. The maximum absolute atomic E-state index is 6.42. The van der Waals surface area contributed by atoms with Crippen LogP contribution in [0.15, 0.2) is 17.1 Å². The third-order valence-electron chi connectivity index (χ3n) is 5.25. The van der Waals surface area contributed by atoms with Crippen molar-refractivity contribution in [3.8, 4) is 11.5 Å². The van der Waals surface area contributed by atoms with Gasteiger partial charge in [-0.05, 0) is 6.07 Å². The molecule has 150 valence electrons. The Bertz CT molecular complexity index is 913. The number of aliphatic imine (C=N–C) groups is 1. The number of aromatic nitrogens is 2. The number of anilines is 2. The molecule has 1 unspecified atom stereocenters. The molecule has 4 rings (SSSR count). The number of piperazine rings is 1. The van der Waals surface area contributed by atoms with Gasteiger partial charge in [-0.15, -0.1) is 0 Å². The second-order valence-electron chi connectivity index (χ2n) is 6.74. The third kappa shape index (κ3) is 2.93. The Balaban J connectivity index is 1.58. The van der Waals surface area contributed by atoms with Gasteiger partial charge in [-0.25, -0.2) is 14.9 Å². The van der Waals surface area contributed by atoms with Crippen LogP contribution in [0.5, 0.6) is 11.5 Å². The lowest BCUT2D eigenvalue weighted by molar-refractivity contribution is -0.0387. The van der Waals surface area contributed by atoms with E-state index in [1.54, 1.807) is 31.6 Å². The number of rotatable bonds is 4. The van der Waals surface area contributed by atoms with E-state index in [-0.39, 0.29) is 0 Å². The monoisotopic (exact) mass is 387 g/mol. The first-order chi connectivity index (χ1) is 13.5. The minimum Gasteiger partial charge on any atom is -0.493 e. The molecule has 28 heavy (non-hydrogen) atoms. The zero-order chi connectivity index (χ0) is 19.9. The van der Waals surface area contributed by atoms with Crippen LogP contribution >= 0.6 is 0 Å². The fraction of sp³-hybridized carbons (Fsp3) is 0.471. The van der Waals surface area contributed by atoms with Crippen LogP contribution in [0.1, 0.15) is 0 Å². The summed E-state index contributed by atoms with van der Waals surface area (Å²) in [6.07, 6.45) is 1.61. The van der Waals surface area contributed by atoms with E-state index < -0.39 is 5.91 Å². The van der Waals surface area contributed by atoms with Gasteiger partial charge in [0.15, 0.2) is 11.5 Å². The van der Waals surface area contributed by atoms with E-state index in [2.05, 4.69) is 25.2 Å². The summed E-state index contributed by atoms with van der Waals surface area (Å²) < 4.78 is 10.7. The number of nitrogens with two attached hydrogens (primary N) is 2. The fourth-order valence-electron chi connectivity index (χ4n) is 3.53. The van der Waals surface area contributed by atoms with Crippen molar-refractivity contribution in [1.82, 2.24) is 25.3 Å². The normalized spacial score (nSPS) is 23.2. The van der Waals surface area contributed by atoms with Gasteiger partial charge in [0.2, 0.25) is 11.9 Å². The third-order valence-corrected chi connectivity index (χ3v) is 5.25. The first-order valence-electron chi connectivity index (χ1n) is 8.98. The molecule has 2 aliphatic rings.